The number of carbonyl (C=O) groups excluding carboxylic acids is 4. The topological polar surface area (TPSA) is 736 Å². The molecule has 596 valence electrons. The van der Waals surface area contributed by atoms with Crippen LogP contribution in [0.5, 0.6) is 0 Å². The molecule has 0 aliphatic carbocycles. The number of nitrogens with one attached hydrogen (secondary N) is 3. The van der Waals surface area contributed by atoms with Gasteiger partial charge in [0.25, 0.3) is 5.79 Å². The second kappa shape index (κ2) is 37.5. The van der Waals surface area contributed by atoms with E-state index in [0.717, 1.165) is 20.8 Å². The Morgan fingerprint density at radius 2 is 0.932 bits per heavy atom. The summed E-state index contributed by atoms with van der Waals surface area (Å²) in [6.07, 6.45) is -77.9. The van der Waals surface area contributed by atoms with E-state index < -0.39 is 321 Å². The fraction of sp³-hybridized carbons (Fsp3) is 0.912. The SMILES string of the molecule is CC(=O)N[C@H]1[C@H](O[C@H]2[C@@H](O)[C@@H](COC3O[C@H](CO)[C@@H](O[C@@H]4O[C@H](CO)[C@H](O)[C@H](O)[C@H]4O)[C@H](O[C@@H]4O[C@@H](C)[C@@H](O)[C@@H](O)[C@@H]4O)[C@H]3NC(C)=O)O[C@@H](O[C@@H]([C@H](O)[C@@H](O)C=O)[C@H](O)CO)[C@@H]2O)O[C@H](CO)[C@@H](O[C@@H]2O[C@H](CO[C@]3(C(=O)O)C[C@H](O)[C@@H](NC(C)=O)[C@H]([C@H](O)[C@H](O)CO)O3)[C@H](O)[C@H](O)[C@H]2O)[C@@H]1O. The molecule has 27 N–H and O–H groups in total. The second-order valence-electron chi connectivity index (χ2n) is 25.7. The first-order valence-electron chi connectivity index (χ1n) is 32.4. The van der Waals surface area contributed by atoms with Crippen molar-refractivity contribution in [2.75, 3.05) is 46.2 Å². The highest BCUT2D eigenvalue weighted by atomic mass is 16.8. The smallest absolute Gasteiger partial charge is 0.364 e. The van der Waals surface area contributed by atoms with Gasteiger partial charge in [-0.3, -0.25) is 14.4 Å². The number of rotatable bonds is 31. The number of hydrogen-bond acceptors (Lipinski definition) is 42. The lowest BCUT2D eigenvalue weighted by Gasteiger charge is -2.51. The van der Waals surface area contributed by atoms with Gasteiger partial charge in [-0.2, -0.15) is 0 Å². The first-order chi connectivity index (χ1) is 48.4. The van der Waals surface area contributed by atoms with Gasteiger partial charge in [-0.15, -0.1) is 0 Å². The summed E-state index contributed by atoms with van der Waals surface area (Å²) >= 11 is 0. The van der Waals surface area contributed by atoms with Crippen molar-refractivity contribution in [1.82, 2.24) is 16.0 Å². The number of aldehydes is 1. The van der Waals surface area contributed by atoms with E-state index in [1.54, 1.807) is 0 Å². The first kappa shape index (κ1) is 86.3. The molecule has 40 atom stereocenters. The van der Waals surface area contributed by atoms with Gasteiger partial charge in [0.2, 0.25) is 17.7 Å². The summed E-state index contributed by atoms with van der Waals surface area (Å²) in [7, 11) is 0. The zero-order valence-corrected chi connectivity index (χ0v) is 55.2. The molecule has 0 bridgehead atoms. The zero-order valence-electron chi connectivity index (χ0n) is 55.2. The van der Waals surface area contributed by atoms with E-state index in [-0.39, 0.29) is 6.29 Å². The molecule has 7 rings (SSSR count). The molecule has 46 nitrogen and oxygen atoms in total. The molecule has 7 aliphatic rings. The molecule has 1 unspecified atom stereocenters. The monoisotopic (exact) mass is 1510 g/mol. The Morgan fingerprint density at radius 1 is 0.476 bits per heavy atom. The molecule has 0 spiro atoms. The van der Waals surface area contributed by atoms with Gasteiger partial charge >= 0.3 is 5.97 Å². The van der Waals surface area contributed by atoms with Gasteiger partial charge in [-0.05, 0) is 6.92 Å². The van der Waals surface area contributed by atoms with Crippen molar-refractivity contribution in [3.05, 3.63) is 0 Å². The predicted octanol–water partition coefficient (Wildman–Crippen LogP) is -17.9. The average molecular weight is 1510 g/mol. The Hall–Kier alpha value is -3.93. The summed E-state index contributed by atoms with van der Waals surface area (Å²) in [6.45, 7) is -4.14. The maximum atomic E-state index is 13.2. The molecular formula is C57H95N3O43. The number of aliphatic hydroxyl groups excluding tert-OH is 23. The van der Waals surface area contributed by atoms with Crippen LogP contribution in [0, 0.1) is 0 Å². The minimum absolute atomic E-state index is 0.225. The summed E-state index contributed by atoms with van der Waals surface area (Å²) in [6, 6.07) is -5.61. The minimum Gasteiger partial charge on any atom is -0.477 e. The normalized spacial score (nSPS) is 45.0. The van der Waals surface area contributed by atoms with E-state index in [2.05, 4.69) is 16.0 Å². The summed E-state index contributed by atoms with van der Waals surface area (Å²) in [5.41, 5.74) is 0. The minimum atomic E-state index is -3.07. The third-order valence-electron chi connectivity index (χ3n) is 18.3. The first-order valence-corrected chi connectivity index (χ1v) is 32.4. The Labute approximate surface area is 582 Å². The van der Waals surface area contributed by atoms with E-state index in [1.165, 1.54) is 6.92 Å². The Kier molecular flexibility index (Phi) is 31.4. The van der Waals surface area contributed by atoms with Crippen LogP contribution in [0.2, 0.25) is 0 Å². The molecule has 0 aromatic carbocycles. The number of carboxylic acids is 1. The number of hydrogen-bond donors (Lipinski definition) is 27. The van der Waals surface area contributed by atoms with Gasteiger partial charge in [0, 0.05) is 27.2 Å². The van der Waals surface area contributed by atoms with Crippen LogP contribution in [-0.2, 0) is 90.3 Å². The van der Waals surface area contributed by atoms with Crippen LogP contribution in [0.15, 0.2) is 0 Å². The molecule has 103 heavy (non-hydrogen) atoms. The van der Waals surface area contributed by atoms with Crippen molar-refractivity contribution in [2.45, 2.75) is 279 Å². The number of aliphatic carboxylic acids is 1. The molecule has 0 radical (unpaired) electrons. The molecular weight excluding hydrogens is 1410 g/mol. The van der Waals surface area contributed by atoms with Crippen LogP contribution in [0.3, 0.4) is 0 Å². The van der Waals surface area contributed by atoms with Crippen LogP contribution in [0.25, 0.3) is 0 Å². The molecule has 0 aromatic rings. The summed E-state index contributed by atoms with van der Waals surface area (Å²) < 4.78 is 82.0. The quantitative estimate of drug-likeness (QED) is 0.0287. The van der Waals surface area contributed by atoms with Crippen LogP contribution in [0.4, 0.5) is 0 Å². The number of aliphatic hydroxyl groups is 23. The second-order valence-corrected chi connectivity index (χ2v) is 25.7. The average Bonchev–Trinajstić information content (AvgIpc) is 0.772. The molecule has 7 fully saturated rings. The summed E-state index contributed by atoms with van der Waals surface area (Å²) in [4.78, 5) is 62.9. The maximum absolute atomic E-state index is 13.2. The molecule has 0 saturated carbocycles. The number of carboxylic acid groups (broad SMARTS) is 1. The van der Waals surface area contributed by atoms with Crippen LogP contribution in [0.1, 0.15) is 34.1 Å². The van der Waals surface area contributed by atoms with E-state index in [4.69, 9.17) is 66.3 Å². The van der Waals surface area contributed by atoms with Crippen molar-refractivity contribution in [1.29, 1.82) is 0 Å². The van der Waals surface area contributed by atoms with E-state index in [9.17, 15) is 147 Å². The third-order valence-corrected chi connectivity index (χ3v) is 18.3. The van der Waals surface area contributed by atoms with E-state index in [1.807, 2.05) is 0 Å². The van der Waals surface area contributed by atoms with Gasteiger partial charge in [0.05, 0.1) is 64.5 Å². The Balaban J connectivity index is 1.19. The highest BCUT2D eigenvalue weighted by molar-refractivity contribution is 5.77. The summed E-state index contributed by atoms with van der Waals surface area (Å²) in [5, 5.41) is 268. The molecule has 0 aromatic heterocycles. The third kappa shape index (κ3) is 19.6. The fourth-order valence-corrected chi connectivity index (χ4v) is 12.7. The Morgan fingerprint density at radius 3 is 1.48 bits per heavy atom. The standard InChI is InChI=1S/C57H95N3O43/c1-14-30(74)37(81)40(84)52(92-14)101-48-29(60-17(4)69)50(94-24(11-66)46(48)100-53-41(85)38(82)33(77)22(9-64)93-53)90-12-25-35(79)49(43(87)55(96-25)98-44(21(73)8-63)31(75)19(71)6-61)102-51-28(59-16(3)68)36(80)45(23(10-65)95-51)99-54-42(86)39(83)34(78)26(97-54)13-91-57(56(88)89)5-18(70)27(58-15(2)67)47(103-57)32(76)20(72)7-62/h6,14,18-55,62-66,70-87H,5,7-13H2,1-4H3,(H,58,67)(H,59,68)(H,60,69)(H,88,89)/t14-,18-,19-,20+,21+,22+,23+,24+,25+,26+,27+,28+,29+,30+,31+,32+,33-,34-,35-,36+,37+,38-,39-,40-,41+,42+,43+,44+,45+,46+,47+,48+,49-,50?,51-,52-,53-,54-,55-,57+/m0/s1. The lowest BCUT2D eigenvalue weighted by atomic mass is 9.88. The summed E-state index contributed by atoms with van der Waals surface area (Å²) in [5.74, 6) is -7.90. The van der Waals surface area contributed by atoms with Crippen molar-refractivity contribution in [3.8, 4) is 0 Å². The maximum Gasteiger partial charge on any atom is 0.364 e. The molecule has 7 heterocycles. The van der Waals surface area contributed by atoms with Gasteiger partial charge in [-0.25, -0.2) is 4.79 Å². The highest BCUT2D eigenvalue weighted by Crippen LogP contribution is 2.39. The number of amides is 3. The molecule has 46 heteroatoms. The highest BCUT2D eigenvalue weighted by Gasteiger charge is 2.61. The number of carbonyl (C=O) groups is 5. The van der Waals surface area contributed by atoms with Crippen molar-refractivity contribution in [2.24, 2.45) is 0 Å². The predicted molar refractivity (Wildman–Crippen MR) is 316 cm³/mol. The van der Waals surface area contributed by atoms with Crippen LogP contribution < -0.4 is 16.0 Å². The van der Waals surface area contributed by atoms with Crippen molar-refractivity contribution in [3.63, 3.8) is 0 Å². The molecule has 3 amide bonds. The van der Waals surface area contributed by atoms with Gasteiger partial charge in [0.15, 0.2) is 44.0 Å². The lowest BCUT2D eigenvalue weighted by molar-refractivity contribution is -0.383. The van der Waals surface area contributed by atoms with Gasteiger partial charge < -0.3 is 210 Å². The van der Waals surface area contributed by atoms with Crippen LogP contribution >= 0.6 is 0 Å². The Bertz CT molecular complexity index is 2710. The molecule has 7 aliphatic heterocycles. The fourth-order valence-electron chi connectivity index (χ4n) is 12.7. The van der Waals surface area contributed by atoms with Crippen molar-refractivity contribution < 1.29 is 213 Å². The van der Waals surface area contributed by atoms with Gasteiger partial charge in [-0.1, -0.05) is 0 Å². The largest absolute Gasteiger partial charge is 0.477 e. The lowest BCUT2D eigenvalue weighted by Crippen LogP contribution is -2.70. The van der Waals surface area contributed by atoms with Crippen molar-refractivity contribution >= 4 is 30.0 Å². The van der Waals surface area contributed by atoms with Crippen LogP contribution in [-0.4, -0.2) is 444 Å². The van der Waals surface area contributed by atoms with Gasteiger partial charge in [0.1, 0.15) is 183 Å². The zero-order chi connectivity index (χ0) is 76.7. The van der Waals surface area contributed by atoms with E-state index in [0.29, 0.717) is 0 Å². The van der Waals surface area contributed by atoms with E-state index >= 15 is 0 Å². The molecule has 7 saturated heterocycles. The number of ether oxygens (including phenoxy) is 14.